The van der Waals surface area contributed by atoms with Gasteiger partial charge in [-0.1, -0.05) is 0 Å². The number of nitrogens with zero attached hydrogens (tertiary/aromatic N) is 3. The van der Waals surface area contributed by atoms with Gasteiger partial charge in [0.05, 0.1) is 0 Å². The molecule has 0 amide bonds. The minimum absolute atomic E-state index is 0.648. The zero-order chi connectivity index (χ0) is 11.9. The molecule has 94 valence electrons. The molecular weight excluding hydrogens is 216 g/mol. The van der Waals surface area contributed by atoms with E-state index < -0.39 is 0 Å². The number of likely N-dealkylation sites (tertiary alicyclic amines) is 1. The molecule has 0 spiro atoms. The number of nitrogens with one attached hydrogen (secondary N) is 1. The summed E-state index contributed by atoms with van der Waals surface area (Å²) in [5.74, 6) is 1.47. The van der Waals surface area contributed by atoms with Crippen LogP contribution < -0.4 is 10.1 Å². The van der Waals surface area contributed by atoms with Crippen LogP contribution in [0.15, 0.2) is 12.4 Å². The Morgan fingerprint density at radius 2 is 2.18 bits per heavy atom. The van der Waals surface area contributed by atoms with Crippen molar-refractivity contribution < 1.29 is 4.74 Å². The predicted octanol–water partition coefficient (Wildman–Crippen LogP) is 1.38. The Morgan fingerprint density at radius 1 is 1.35 bits per heavy atom. The molecule has 1 aliphatic rings. The first-order chi connectivity index (χ1) is 8.38. The van der Waals surface area contributed by atoms with Gasteiger partial charge in [0.15, 0.2) is 0 Å². The van der Waals surface area contributed by atoms with Gasteiger partial charge >= 0.3 is 0 Å². The van der Waals surface area contributed by atoms with Crippen LogP contribution in [-0.4, -0.2) is 47.7 Å². The van der Waals surface area contributed by atoms with Crippen LogP contribution in [0.4, 0.5) is 5.82 Å². The summed E-state index contributed by atoms with van der Waals surface area (Å²) in [4.78, 5) is 10.6. The molecule has 1 aromatic heterocycles. The molecule has 5 heteroatoms. The maximum Gasteiger partial charge on any atom is 0.218 e. The third kappa shape index (κ3) is 3.85. The lowest BCUT2D eigenvalue weighted by atomic mass is 10.4. The summed E-state index contributed by atoms with van der Waals surface area (Å²) in [6.45, 7) is 6.98. The maximum atomic E-state index is 5.62. The van der Waals surface area contributed by atoms with Gasteiger partial charge in [-0.25, -0.2) is 9.97 Å². The monoisotopic (exact) mass is 236 g/mol. The summed E-state index contributed by atoms with van der Waals surface area (Å²) in [5, 5.41) is 3.14. The topological polar surface area (TPSA) is 50.3 Å². The average Bonchev–Trinajstić information content (AvgIpc) is 2.83. The first-order valence-corrected chi connectivity index (χ1v) is 6.29. The second kappa shape index (κ2) is 6.39. The first kappa shape index (κ1) is 12.1. The summed E-state index contributed by atoms with van der Waals surface area (Å²) in [6.07, 6.45) is 4.17. The van der Waals surface area contributed by atoms with E-state index in [1.165, 1.54) is 32.3 Å². The van der Waals surface area contributed by atoms with E-state index in [9.17, 15) is 0 Å². The van der Waals surface area contributed by atoms with Crippen LogP contribution in [0.1, 0.15) is 19.8 Å². The van der Waals surface area contributed by atoms with Gasteiger partial charge in [0.2, 0.25) is 5.88 Å². The van der Waals surface area contributed by atoms with Crippen LogP contribution in [0.25, 0.3) is 0 Å². The Morgan fingerprint density at radius 3 is 2.94 bits per heavy atom. The maximum absolute atomic E-state index is 5.62. The third-order valence-electron chi connectivity index (χ3n) is 2.86. The summed E-state index contributed by atoms with van der Waals surface area (Å²) in [5.41, 5.74) is 0. The zero-order valence-corrected chi connectivity index (χ0v) is 10.4. The van der Waals surface area contributed by atoms with Crippen LogP contribution in [0.2, 0.25) is 0 Å². The van der Waals surface area contributed by atoms with Crippen molar-refractivity contribution in [1.82, 2.24) is 14.9 Å². The molecule has 0 unspecified atom stereocenters. The number of hydrogen-bond donors (Lipinski definition) is 1. The van der Waals surface area contributed by atoms with E-state index in [1.807, 2.05) is 13.0 Å². The molecule has 2 rings (SSSR count). The van der Waals surface area contributed by atoms with E-state index in [-0.39, 0.29) is 0 Å². The Labute approximate surface area is 102 Å². The molecule has 1 aromatic rings. The fourth-order valence-corrected chi connectivity index (χ4v) is 1.98. The summed E-state index contributed by atoms with van der Waals surface area (Å²) >= 11 is 0. The molecule has 0 aromatic carbocycles. The molecule has 0 saturated carbocycles. The molecule has 0 aliphatic carbocycles. The van der Waals surface area contributed by atoms with Crippen molar-refractivity contribution in [3.63, 3.8) is 0 Å². The predicted molar refractivity (Wildman–Crippen MR) is 67.4 cm³/mol. The molecule has 17 heavy (non-hydrogen) atoms. The highest BCUT2D eigenvalue weighted by Crippen LogP contribution is 2.11. The summed E-state index contributed by atoms with van der Waals surface area (Å²) in [7, 11) is 0. The molecule has 0 atom stereocenters. The van der Waals surface area contributed by atoms with E-state index in [0.29, 0.717) is 12.5 Å². The van der Waals surface area contributed by atoms with Crippen LogP contribution in [0.3, 0.4) is 0 Å². The SMILES string of the molecule is CCNc1cc(OCCN2CCCC2)ncn1. The second-order valence-electron chi connectivity index (χ2n) is 4.17. The number of aromatic nitrogens is 2. The molecule has 1 saturated heterocycles. The Kier molecular flexibility index (Phi) is 4.55. The van der Waals surface area contributed by atoms with Gasteiger partial charge in [-0.3, -0.25) is 4.90 Å². The minimum Gasteiger partial charge on any atom is -0.476 e. The summed E-state index contributed by atoms with van der Waals surface area (Å²) in [6, 6.07) is 1.84. The van der Waals surface area contributed by atoms with Crippen molar-refractivity contribution in [1.29, 1.82) is 0 Å². The van der Waals surface area contributed by atoms with Crippen molar-refractivity contribution in [2.75, 3.05) is 38.1 Å². The van der Waals surface area contributed by atoms with Crippen LogP contribution in [0, 0.1) is 0 Å². The highest BCUT2D eigenvalue weighted by atomic mass is 16.5. The quantitative estimate of drug-likeness (QED) is 0.808. The molecule has 1 aliphatic heterocycles. The molecule has 5 nitrogen and oxygen atoms in total. The third-order valence-corrected chi connectivity index (χ3v) is 2.86. The Hall–Kier alpha value is -1.36. The molecular formula is C12H20N4O. The van der Waals surface area contributed by atoms with Gasteiger partial charge in [-0.05, 0) is 32.9 Å². The van der Waals surface area contributed by atoms with Crippen molar-refractivity contribution in [2.24, 2.45) is 0 Å². The van der Waals surface area contributed by atoms with Crippen molar-refractivity contribution >= 4 is 5.82 Å². The lowest BCUT2D eigenvalue weighted by Gasteiger charge is -2.14. The molecule has 0 radical (unpaired) electrons. The van der Waals surface area contributed by atoms with Gasteiger partial charge in [-0.2, -0.15) is 0 Å². The minimum atomic E-state index is 0.648. The number of ether oxygens (including phenoxy) is 1. The van der Waals surface area contributed by atoms with Crippen molar-refractivity contribution in [3.8, 4) is 5.88 Å². The van der Waals surface area contributed by atoms with Crippen LogP contribution in [0.5, 0.6) is 5.88 Å². The van der Waals surface area contributed by atoms with Gasteiger partial charge in [0.25, 0.3) is 0 Å². The molecule has 2 heterocycles. The second-order valence-corrected chi connectivity index (χ2v) is 4.17. The average molecular weight is 236 g/mol. The highest BCUT2D eigenvalue weighted by molar-refractivity contribution is 5.36. The lowest BCUT2D eigenvalue weighted by molar-refractivity contribution is 0.232. The first-order valence-electron chi connectivity index (χ1n) is 6.29. The van der Waals surface area contributed by atoms with Gasteiger partial charge in [0.1, 0.15) is 18.8 Å². The Balaban J connectivity index is 1.75. The zero-order valence-electron chi connectivity index (χ0n) is 10.4. The van der Waals surface area contributed by atoms with Crippen LogP contribution >= 0.6 is 0 Å². The lowest BCUT2D eigenvalue weighted by Crippen LogP contribution is -2.25. The van der Waals surface area contributed by atoms with Gasteiger partial charge in [-0.15, -0.1) is 0 Å². The van der Waals surface area contributed by atoms with E-state index in [2.05, 4.69) is 20.2 Å². The standard InChI is InChI=1S/C12H20N4O/c1-2-13-11-9-12(15-10-14-11)17-8-7-16-5-3-4-6-16/h9-10H,2-8H2,1H3,(H,13,14,15). The molecule has 0 bridgehead atoms. The van der Waals surface area contributed by atoms with E-state index in [4.69, 9.17) is 4.74 Å². The van der Waals surface area contributed by atoms with Crippen LogP contribution in [-0.2, 0) is 0 Å². The van der Waals surface area contributed by atoms with E-state index in [0.717, 1.165) is 18.9 Å². The van der Waals surface area contributed by atoms with Gasteiger partial charge in [0, 0.05) is 19.2 Å². The fourth-order valence-electron chi connectivity index (χ4n) is 1.98. The summed E-state index contributed by atoms with van der Waals surface area (Å²) < 4.78 is 5.62. The number of rotatable bonds is 6. The largest absolute Gasteiger partial charge is 0.476 e. The highest BCUT2D eigenvalue weighted by Gasteiger charge is 2.10. The number of hydrogen-bond acceptors (Lipinski definition) is 5. The van der Waals surface area contributed by atoms with Crippen molar-refractivity contribution in [2.45, 2.75) is 19.8 Å². The normalized spacial score (nSPS) is 16.1. The Bertz CT molecular complexity index is 339. The fraction of sp³-hybridized carbons (Fsp3) is 0.667. The molecule has 1 fully saturated rings. The van der Waals surface area contributed by atoms with E-state index >= 15 is 0 Å². The van der Waals surface area contributed by atoms with Gasteiger partial charge < -0.3 is 10.1 Å². The van der Waals surface area contributed by atoms with Crippen molar-refractivity contribution in [3.05, 3.63) is 12.4 Å². The smallest absolute Gasteiger partial charge is 0.218 e. The van der Waals surface area contributed by atoms with E-state index in [1.54, 1.807) is 0 Å². The number of anilines is 1. The molecule has 1 N–H and O–H groups in total.